The molecule has 0 saturated heterocycles. The highest BCUT2D eigenvalue weighted by Gasteiger charge is 2.40. The molecular formula is C33H22O. The van der Waals surface area contributed by atoms with E-state index in [1.165, 1.54) is 44.5 Å². The SMILES string of the molecule is O=C(c1ccccc1)c1ccc2c(c1)C(C1c3ccccc3-c3ccccc31)c1ccccc1-2. The first-order chi connectivity index (χ1) is 16.8. The van der Waals surface area contributed by atoms with Crippen LogP contribution in [-0.4, -0.2) is 5.78 Å². The van der Waals surface area contributed by atoms with Gasteiger partial charge in [-0.3, -0.25) is 4.79 Å². The number of ketones is 1. The Hall–Kier alpha value is -4.23. The molecule has 7 rings (SSSR count). The van der Waals surface area contributed by atoms with Crippen LogP contribution >= 0.6 is 0 Å². The van der Waals surface area contributed by atoms with Crippen molar-refractivity contribution >= 4 is 5.78 Å². The maximum absolute atomic E-state index is 13.3. The first kappa shape index (κ1) is 19.3. The van der Waals surface area contributed by atoms with Crippen LogP contribution in [0.1, 0.15) is 50.0 Å². The number of hydrogen-bond acceptors (Lipinski definition) is 1. The fourth-order valence-corrected chi connectivity index (χ4v) is 6.06. The monoisotopic (exact) mass is 434 g/mol. The van der Waals surface area contributed by atoms with Gasteiger partial charge in [-0.15, -0.1) is 0 Å². The van der Waals surface area contributed by atoms with E-state index in [0.717, 1.165) is 11.1 Å². The van der Waals surface area contributed by atoms with Gasteiger partial charge >= 0.3 is 0 Å². The molecule has 0 fully saturated rings. The number of fused-ring (bicyclic) bond motifs is 6. The third-order valence-corrected chi connectivity index (χ3v) is 7.49. The third kappa shape index (κ3) is 2.71. The lowest BCUT2D eigenvalue weighted by atomic mass is 9.78. The second-order valence-corrected chi connectivity index (χ2v) is 9.21. The molecule has 0 aliphatic heterocycles. The Balaban J connectivity index is 1.45. The summed E-state index contributed by atoms with van der Waals surface area (Å²) in [4.78, 5) is 13.3. The van der Waals surface area contributed by atoms with Gasteiger partial charge in [-0.05, 0) is 50.6 Å². The maximum atomic E-state index is 13.3. The average Bonchev–Trinajstić information content (AvgIpc) is 3.41. The van der Waals surface area contributed by atoms with E-state index in [4.69, 9.17) is 0 Å². The highest BCUT2D eigenvalue weighted by atomic mass is 16.1. The number of rotatable bonds is 3. The number of carbonyl (C=O) groups excluding carboxylic acids is 1. The largest absolute Gasteiger partial charge is 0.289 e. The molecule has 5 aromatic carbocycles. The van der Waals surface area contributed by atoms with Crippen LogP contribution in [0.3, 0.4) is 0 Å². The summed E-state index contributed by atoms with van der Waals surface area (Å²) in [5, 5.41) is 0. The van der Waals surface area contributed by atoms with Gasteiger partial charge in [-0.2, -0.15) is 0 Å². The number of hydrogen-bond donors (Lipinski definition) is 0. The normalized spacial score (nSPS) is 15.4. The number of carbonyl (C=O) groups is 1. The molecule has 34 heavy (non-hydrogen) atoms. The second kappa shape index (κ2) is 7.40. The maximum Gasteiger partial charge on any atom is 0.193 e. The van der Waals surface area contributed by atoms with Crippen LogP contribution in [0.15, 0.2) is 121 Å². The van der Waals surface area contributed by atoms with Gasteiger partial charge in [-0.25, -0.2) is 0 Å². The lowest BCUT2D eigenvalue weighted by Crippen LogP contribution is -2.11. The molecule has 0 spiro atoms. The molecule has 0 bridgehead atoms. The molecule has 0 amide bonds. The van der Waals surface area contributed by atoms with Gasteiger partial charge in [0.25, 0.3) is 0 Å². The van der Waals surface area contributed by atoms with Gasteiger partial charge in [0.15, 0.2) is 5.78 Å². The van der Waals surface area contributed by atoms with E-state index in [-0.39, 0.29) is 17.6 Å². The minimum absolute atomic E-state index is 0.0744. The summed E-state index contributed by atoms with van der Waals surface area (Å²) < 4.78 is 0. The van der Waals surface area contributed by atoms with E-state index < -0.39 is 0 Å². The zero-order valence-corrected chi connectivity index (χ0v) is 18.6. The van der Waals surface area contributed by atoms with Crippen LogP contribution in [0.5, 0.6) is 0 Å². The van der Waals surface area contributed by atoms with Crippen molar-refractivity contribution in [3.63, 3.8) is 0 Å². The molecule has 0 N–H and O–H groups in total. The quantitative estimate of drug-likeness (QED) is 0.264. The standard InChI is InChI=1S/C33H22O/c34-33(21-10-2-1-3-11-21)22-18-19-26-25-14-6-9-17-29(25)32(30(26)20-22)31-27-15-7-4-12-23(27)24-13-5-8-16-28(24)31/h1-20,31-32H. The Labute approximate surface area is 199 Å². The van der Waals surface area contributed by atoms with Gasteiger partial charge in [-0.1, -0.05) is 115 Å². The van der Waals surface area contributed by atoms with Crippen LogP contribution in [0.2, 0.25) is 0 Å². The Kier molecular flexibility index (Phi) is 4.19. The van der Waals surface area contributed by atoms with Crippen LogP contribution < -0.4 is 0 Å². The summed E-state index contributed by atoms with van der Waals surface area (Å²) in [6.07, 6.45) is 0. The van der Waals surface area contributed by atoms with Crippen molar-refractivity contribution in [2.24, 2.45) is 0 Å². The zero-order valence-electron chi connectivity index (χ0n) is 18.6. The van der Waals surface area contributed by atoms with Gasteiger partial charge in [0.2, 0.25) is 0 Å². The molecule has 1 nitrogen and oxygen atoms in total. The van der Waals surface area contributed by atoms with E-state index >= 15 is 0 Å². The van der Waals surface area contributed by atoms with Gasteiger partial charge in [0.1, 0.15) is 0 Å². The molecule has 1 unspecified atom stereocenters. The highest BCUT2D eigenvalue weighted by Crippen LogP contribution is 2.58. The summed E-state index contributed by atoms with van der Waals surface area (Å²) in [6, 6.07) is 42.2. The van der Waals surface area contributed by atoms with Crippen molar-refractivity contribution in [3.05, 3.63) is 155 Å². The van der Waals surface area contributed by atoms with Gasteiger partial charge < -0.3 is 0 Å². The molecule has 1 heteroatoms. The van der Waals surface area contributed by atoms with E-state index in [1.54, 1.807) is 0 Å². The van der Waals surface area contributed by atoms with Crippen molar-refractivity contribution in [2.75, 3.05) is 0 Å². The minimum atomic E-state index is 0.0744. The lowest BCUT2D eigenvalue weighted by molar-refractivity contribution is 0.103. The summed E-state index contributed by atoms with van der Waals surface area (Å²) in [7, 11) is 0. The minimum Gasteiger partial charge on any atom is -0.289 e. The molecule has 1 atom stereocenters. The van der Waals surface area contributed by atoms with Crippen molar-refractivity contribution < 1.29 is 4.79 Å². The van der Waals surface area contributed by atoms with Crippen LogP contribution in [0.25, 0.3) is 22.3 Å². The Bertz CT molecular complexity index is 1530. The van der Waals surface area contributed by atoms with Crippen LogP contribution in [0, 0.1) is 0 Å². The topological polar surface area (TPSA) is 17.1 Å². The Morgan fingerprint density at radius 3 is 1.41 bits per heavy atom. The second-order valence-electron chi connectivity index (χ2n) is 9.21. The van der Waals surface area contributed by atoms with Crippen molar-refractivity contribution in [3.8, 4) is 22.3 Å². The fourth-order valence-electron chi connectivity index (χ4n) is 6.06. The molecule has 0 radical (unpaired) electrons. The molecule has 0 saturated carbocycles. The van der Waals surface area contributed by atoms with E-state index in [0.29, 0.717) is 0 Å². The zero-order chi connectivity index (χ0) is 22.6. The summed E-state index contributed by atoms with van der Waals surface area (Å²) >= 11 is 0. The molecule has 2 aliphatic rings. The first-order valence-electron chi connectivity index (χ1n) is 11.8. The summed E-state index contributed by atoms with van der Waals surface area (Å²) in [5.74, 6) is 0.460. The van der Waals surface area contributed by atoms with Crippen molar-refractivity contribution in [2.45, 2.75) is 11.8 Å². The van der Waals surface area contributed by atoms with Gasteiger partial charge in [0.05, 0.1) is 0 Å². The van der Waals surface area contributed by atoms with Crippen molar-refractivity contribution in [1.29, 1.82) is 0 Å². The third-order valence-electron chi connectivity index (χ3n) is 7.49. The Morgan fingerprint density at radius 2 is 0.853 bits per heavy atom. The molecule has 0 heterocycles. The first-order valence-corrected chi connectivity index (χ1v) is 11.8. The van der Waals surface area contributed by atoms with E-state index in [1.807, 2.05) is 36.4 Å². The Morgan fingerprint density at radius 1 is 0.412 bits per heavy atom. The summed E-state index contributed by atoms with van der Waals surface area (Å²) in [6.45, 7) is 0. The predicted octanol–water partition coefficient (Wildman–Crippen LogP) is 7.84. The highest BCUT2D eigenvalue weighted by molar-refractivity contribution is 6.09. The van der Waals surface area contributed by atoms with Gasteiger partial charge in [0, 0.05) is 23.0 Å². The number of benzene rings is 5. The molecule has 160 valence electrons. The molecular weight excluding hydrogens is 412 g/mol. The average molecular weight is 435 g/mol. The van der Waals surface area contributed by atoms with E-state index in [2.05, 4.69) is 84.9 Å². The summed E-state index contributed by atoms with van der Waals surface area (Å²) in [5.41, 5.74) is 12.0. The van der Waals surface area contributed by atoms with Crippen LogP contribution in [-0.2, 0) is 0 Å². The van der Waals surface area contributed by atoms with E-state index in [9.17, 15) is 4.79 Å². The molecule has 0 aromatic heterocycles. The smallest absolute Gasteiger partial charge is 0.193 e. The predicted molar refractivity (Wildman–Crippen MR) is 137 cm³/mol. The molecule has 5 aromatic rings. The molecule has 2 aliphatic carbocycles. The fraction of sp³-hybridized carbons (Fsp3) is 0.0606. The van der Waals surface area contributed by atoms with Crippen molar-refractivity contribution in [1.82, 2.24) is 0 Å². The van der Waals surface area contributed by atoms with Crippen LogP contribution in [0.4, 0.5) is 0 Å². The lowest BCUT2D eigenvalue weighted by Gasteiger charge is -2.24.